The lowest BCUT2D eigenvalue weighted by Gasteiger charge is -2.28. The number of nitrogens with zero attached hydrogens (tertiary/aromatic N) is 2. The third kappa shape index (κ3) is 3.82. The first kappa shape index (κ1) is 22.6. The molecule has 0 radical (unpaired) electrons. The fourth-order valence-corrected chi connectivity index (χ4v) is 4.89. The van der Waals surface area contributed by atoms with Gasteiger partial charge in [0.1, 0.15) is 17.2 Å². The van der Waals surface area contributed by atoms with Crippen molar-refractivity contribution in [1.82, 2.24) is 10.2 Å². The van der Waals surface area contributed by atoms with E-state index in [-0.39, 0.29) is 10.8 Å². The summed E-state index contributed by atoms with van der Waals surface area (Å²) >= 11 is 0. The SMILES string of the molecule is COc1ccc(OC)c(C2c3c(-c4ccccc4)n[nH]c3C(=O)N2c2ccc(S(N)(=O)=O)cc2)c1. The first-order valence-electron chi connectivity index (χ1n) is 10.7. The van der Waals surface area contributed by atoms with Gasteiger partial charge in [-0.2, -0.15) is 5.10 Å². The van der Waals surface area contributed by atoms with Gasteiger partial charge in [0.15, 0.2) is 0 Å². The number of methoxy groups -OCH3 is 2. The molecule has 0 spiro atoms. The van der Waals surface area contributed by atoms with Crippen LogP contribution in [0.2, 0.25) is 0 Å². The Labute approximate surface area is 202 Å². The number of hydrogen-bond acceptors (Lipinski definition) is 6. The quantitative estimate of drug-likeness (QED) is 0.426. The number of amides is 1. The summed E-state index contributed by atoms with van der Waals surface area (Å²) < 4.78 is 34.6. The van der Waals surface area contributed by atoms with E-state index in [1.165, 1.54) is 12.1 Å². The number of fused-ring (bicyclic) bond motifs is 1. The van der Waals surface area contributed by atoms with Gasteiger partial charge in [-0.25, -0.2) is 13.6 Å². The highest BCUT2D eigenvalue weighted by atomic mass is 32.2. The Morgan fingerprint density at radius 3 is 2.31 bits per heavy atom. The molecule has 0 saturated carbocycles. The van der Waals surface area contributed by atoms with Crippen LogP contribution in [-0.2, 0) is 10.0 Å². The third-order valence-electron chi connectivity index (χ3n) is 5.99. The Hall–Kier alpha value is -4.15. The van der Waals surface area contributed by atoms with E-state index in [9.17, 15) is 13.2 Å². The number of aromatic nitrogens is 2. The van der Waals surface area contributed by atoms with Crippen LogP contribution in [0.4, 0.5) is 5.69 Å². The van der Waals surface area contributed by atoms with E-state index in [0.29, 0.717) is 39.7 Å². The van der Waals surface area contributed by atoms with Crippen molar-refractivity contribution in [3.05, 3.63) is 89.6 Å². The number of H-pyrrole nitrogens is 1. The van der Waals surface area contributed by atoms with Crippen LogP contribution < -0.4 is 19.5 Å². The monoisotopic (exact) mass is 490 g/mol. The van der Waals surface area contributed by atoms with E-state index in [1.54, 1.807) is 43.4 Å². The van der Waals surface area contributed by atoms with Crippen LogP contribution in [0.5, 0.6) is 11.5 Å². The molecule has 1 aliphatic heterocycles. The average Bonchev–Trinajstić information content (AvgIpc) is 3.42. The molecule has 10 heteroatoms. The smallest absolute Gasteiger partial charge is 0.277 e. The zero-order valence-electron chi connectivity index (χ0n) is 18.9. The second kappa shape index (κ2) is 8.57. The molecule has 5 rings (SSSR count). The second-order valence-electron chi connectivity index (χ2n) is 7.95. The van der Waals surface area contributed by atoms with Crippen molar-refractivity contribution in [3.63, 3.8) is 0 Å². The van der Waals surface area contributed by atoms with Gasteiger partial charge in [0.05, 0.1) is 30.9 Å². The lowest BCUT2D eigenvalue weighted by Crippen LogP contribution is -2.29. The molecule has 3 N–H and O–H groups in total. The molecular weight excluding hydrogens is 468 g/mol. The minimum atomic E-state index is -3.88. The van der Waals surface area contributed by atoms with E-state index in [4.69, 9.17) is 14.6 Å². The number of rotatable bonds is 6. The topological polar surface area (TPSA) is 128 Å². The largest absolute Gasteiger partial charge is 0.497 e. The van der Waals surface area contributed by atoms with Crippen molar-refractivity contribution in [2.45, 2.75) is 10.9 Å². The van der Waals surface area contributed by atoms with Crippen LogP contribution in [0.1, 0.15) is 27.7 Å². The molecule has 35 heavy (non-hydrogen) atoms. The van der Waals surface area contributed by atoms with Crippen molar-refractivity contribution in [3.8, 4) is 22.8 Å². The fraction of sp³-hybridized carbons (Fsp3) is 0.120. The molecule has 0 saturated heterocycles. The van der Waals surface area contributed by atoms with Crippen LogP contribution in [0.3, 0.4) is 0 Å². The predicted octanol–water partition coefficient (Wildman–Crippen LogP) is 3.49. The summed E-state index contributed by atoms with van der Waals surface area (Å²) in [4.78, 5) is 15.2. The zero-order valence-corrected chi connectivity index (χ0v) is 19.7. The molecule has 0 bridgehead atoms. The van der Waals surface area contributed by atoms with Gasteiger partial charge in [0.25, 0.3) is 5.91 Å². The standard InChI is InChI=1S/C25H22N4O5S/c1-33-17-10-13-20(34-2)19(14-17)24-21-22(15-6-4-3-5-7-15)27-28-23(21)25(30)29(24)16-8-11-18(12-9-16)35(26,31)32/h3-14,24H,1-2H3,(H,27,28)(H2,26,31,32). The summed E-state index contributed by atoms with van der Waals surface area (Å²) in [5.74, 6) is 0.840. The van der Waals surface area contributed by atoms with Gasteiger partial charge in [-0.3, -0.25) is 14.8 Å². The molecule has 1 atom stereocenters. The molecule has 1 unspecified atom stereocenters. The second-order valence-corrected chi connectivity index (χ2v) is 9.51. The van der Waals surface area contributed by atoms with Gasteiger partial charge in [-0.05, 0) is 42.5 Å². The van der Waals surface area contributed by atoms with E-state index in [0.717, 1.165) is 5.56 Å². The molecular formula is C25H22N4O5S. The molecule has 0 aliphatic carbocycles. The highest BCUT2D eigenvalue weighted by molar-refractivity contribution is 7.89. The van der Waals surface area contributed by atoms with Gasteiger partial charge in [0, 0.05) is 22.4 Å². The predicted molar refractivity (Wildman–Crippen MR) is 130 cm³/mol. The molecule has 2 heterocycles. The maximum absolute atomic E-state index is 13.7. The minimum Gasteiger partial charge on any atom is -0.497 e. The van der Waals surface area contributed by atoms with Crippen LogP contribution in [-0.4, -0.2) is 38.7 Å². The number of hydrogen-bond donors (Lipinski definition) is 2. The molecule has 4 aromatic rings. The first-order chi connectivity index (χ1) is 16.8. The number of primary sulfonamides is 1. The van der Waals surface area contributed by atoms with Crippen molar-refractivity contribution < 1.29 is 22.7 Å². The Kier molecular flexibility index (Phi) is 5.54. The Morgan fingerprint density at radius 2 is 1.69 bits per heavy atom. The van der Waals surface area contributed by atoms with E-state index in [2.05, 4.69) is 10.2 Å². The van der Waals surface area contributed by atoms with Crippen molar-refractivity contribution in [1.29, 1.82) is 0 Å². The average molecular weight is 491 g/mol. The molecule has 0 fully saturated rings. The normalized spacial score (nSPS) is 15.2. The van der Waals surface area contributed by atoms with Gasteiger partial charge in [-0.15, -0.1) is 0 Å². The number of aromatic amines is 1. The van der Waals surface area contributed by atoms with E-state index >= 15 is 0 Å². The van der Waals surface area contributed by atoms with Crippen molar-refractivity contribution in [2.24, 2.45) is 5.14 Å². The Morgan fingerprint density at radius 1 is 0.971 bits per heavy atom. The van der Waals surface area contributed by atoms with Gasteiger partial charge >= 0.3 is 0 Å². The van der Waals surface area contributed by atoms with Gasteiger partial charge in [0.2, 0.25) is 10.0 Å². The lowest BCUT2D eigenvalue weighted by molar-refractivity contribution is 0.0988. The third-order valence-corrected chi connectivity index (χ3v) is 6.92. The number of anilines is 1. The molecule has 1 aliphatic rings. The molecule has 178 valence electrons. The lowest BCUT2D eigenvalue weighted by atomic mass is 9.95. The highest BCUT2D eigenvalue weighted by Crippen LogP contribution is 2.48. The summed E-state index contributed by atoms with van der Waals surface area (Å²) in [7, 11) is -0.763. The highest BCUT2D eigenvalue weighted by Gasteiger charge is 2.44. The molecule has 1 amide bonds. The number of benzene rings is 3. The van der Waals surface area contributed by atoms with Gasteiger partial charge < -0.3 is 9.47 Å². The molecule has 9 nitrogen and oxygen atoms in total. The Balaban J connectivity index is 1.75. The molecule has 3 aromatic carbocycles. The number of sulfonamides is 1. The number of ether oxygens (including phenoxy) is 2. The summed E-state index contributed by atoms with van der Waals surface area (Å²) in [5, 5.41) is 12.6. The number of carbonyl (C=O) groups is 1. The van der Waals surface area contributed by atoms with E-state index in [1.807, 2.05) is 36.4 Å². The first-order valence-corrected chi connectivity index (χ1v) is 12.2. The van der Waals surface area contributed by atoms with E-state index < -0.39 is 16.1 Å². The number of nitrogens with one attached hydrogen (secondary N) is 1. The van der Waals surface area contributed by atoms with Crippen molar-refractivity contribution >= 4 is 21.6 Å². The van der Waals surface area contributed by atoms with Crippen molar-refractivity contribution in [2.75, 3.05) is 19.1 Å². The summed E-state index contributed by atoms with van der Waals surface area (Å²) in [6.45, 7) is 0. The Bertz CT molecular complexity index is 1520. The van der Waals surface area contributed by atoms with Crippen LogP contribution in [0.15, 0.2) is 77.7 Å². The van der Waals surface area contributed by atoms with Gasteiger partial charge in [-0.1, -0.05) is 30.3 Å². The molecule has 1 aromatic heterocycles. The van der Waals surface area contributed by atoms with Crippen LogP contribution in [0.25, 0.3) is 11.3 Å². The number of nitrogens with two attached hydrogens (primary N) is 1. The summed E-state index contributed by atoms with van der Waals surface area (Å²) in [6.07, 6.45) is 0. The summed E-state index contributed by atoms with van der Waals surface area (Å²) in [5.41, 5.74) is 3.68. The fourth-order valence-electron chi connectivity index (χ4n) is 4.37. The zero-order chi connectivity index (χ0) is 24.7. The number of carbonyl (C=O) groups excluding carboxylic acids is 1. The maximum atomic E-state index is 13.7. The minimum absolute atomic E-state index is 0.0476. The maximum Gasteiger partial charge on any atom is 0.277 e. The van der Waals surface area contributed by atoms with Crippen LogP contribution >= 0.6 is 0 Å². The van der Waals surface area contributed by atoms with Crippen LogP contribution in [0, 0.1) is 0 Å². The summed E-state index contributed by atoms with van der Waals surface area (Å²) in [6, 6.07) is 20.2.